The first kappa shape index (κ1) is 13.4. The van der Waals surface area contributed by atoms with Crippen molar-refractivity contribution >= 4 is 10.9 Å². The Morgan fingerprint density at radius 3 is 2.85 bits per heavy atom. The molecule has 3 heteroatoms. The average Bonchev–Trinajstić information content (AvgIpc) is 3.31. The number of aromatic nitrogens is 1. The van der Waals surface area contributed by atoms with E-state index in [0.717, 1.165) is 36.3 Å². The van der Waals surface area contributed by atoms with E-state index < -0.39 is 0 Å². The maximum Gasteiger partial charge on any atom is 0.189 e. The molecule has 1 unspecified atom stereocenters. The quantitative estimate of drug-likeness (QED) is 0.875. The second-order valence-corrected chi connectivity index (χ2v) is 5.75. The number of para-hydroxylation sites is 1. The van der Waals surface area contributed by atoms with Crippen molar-refractivity contribution in [3.05, 3.63) is 46.8 Å². The molecule has 1 fully saturated rings. The number of benzene rings is 1. The van der Waals surface area contributed by atoms with E-state index in [1.54, 1.807) is 6.07 Å². The van der Waals surface area contributed by atoms with Gasteiger partial charge in [-0.15, -0.1) is 0 Å². The van der Waals surface area contributed by atoms with Crippen LogP contribution in [0.15, 0.2) is 41.3 Å². The predicted octanol–water partition coefficient (Wildman–Crippen LogP) is 2.78. The number of fused-ring (bicyclic) bond motifs is 1. The molecular formula is C17H22N2O. The summed E-state index contributed by atoms with van der Waals surface area (Å²) in [4.78, 5) is 11.9. The molecule has 1 heterocycles. The van der Waals surface area contributed by atoms with Crippen molar-refractivity contribution in [3.8, 4) is 0 Å². The van der Waals surface area contributed by atoms with Crippen molar-refractivity contribution in [2.24, 2.45) is 5.92 Å². The number of nitrogens with one attached hydrogen (secondary N) is 1. The lowest BCUT2D eigenvalue weighted by atomic mass is 10.1. The topological polar surface area (TPSA) is 34.0 Å². The molecule has 0 spiro atoms. The average molecular weight is 270 g/mol. The van der Waals surface area contributed by atoms with E-state index in [9.17, 15) is 4.79 Å². The molecule has 0 radical (unpaired) electrons. The van der Waals surface area contributed by atoms with Crippen LogP contribution in [0, 0.1) is 5.92 Å². The molecule has 3 nitrogen and oxygen atoms in total. The number of nitrogens with zero attached hydrogens (tertiary/aromatic N) is 1. The summed E-state index contributed by atoms with van der Waals surface area (Å²) in [6.45, 7) is 4.22. The molecule has 1 aromatic heterocycles. The SMILES string of the molecule is CCCNC(Cn1ccc(=O)c2ccccc21)C1CC1. The first-order valence-corrected chi connectivity index (χ1v) is 7.61. The number of pyridine rings is 1. The molecule has 1 N–H and O–H groups in total. The highest BCUT2D eigenvalue weighted by Crippen LogP contribution is 2.33. The van der Waals surface area contributed by atoms with Gasteiger partial charge in [0, 0.05) is 30.2 Å². The fourth-order valence-electron chi connectivity index (χ4n) is 2.84. The molecule has 106 valence electrons. The van der Waals surface area contributed by atoms with Crippen LogP contribution in [-0.4, -0.2) is 17.2 Å². The molecule has 0 aliphatic heterocycles. The van der Waals surface area contributed by atoms with Crippen LogP contribution >= 0.6 is 0 Å². The third kappa shape index (κ3) is 2.78. The smallest absolute Gasteiger partial charge is 0.189 e. The van der Waals surface area contributed by atoms with Gasteiger partial charge in [-0.05, 0) is 43.9 Å². The third-order valence-corrected chi connectivity index (χ3v) is 4.13. The van der Waals surface area contributed by atoms with E-state index in [1.165, 1.54) is 12.8 Å². The van der Waals surface area contributed by atoms with Gasteiger partial charge in [0.25, 0.3) is 0 Å². The van der Waals surface area contributed by atoms with Gasteiger partial charge in [0.15, 0.2) is 5.43 Å². The summed E-state index contributed by atoms with van der Waals surface area (Å²) in [5.74, 6) is 0.805. The summed E-state index contributed by atoms with van der Waals surface area (Å²) in [5, 5.41) is 4.48. The summed E-state index contributed by atoms with van der Waals surface area (Å²) < 4.78 is 2.22. The molecule has 1 aliphatic rings. The van der Waals surface area contributed by atoms with E-state index >= 15 is 0 Å². The Labute approximate surface area is 119 Å². The summed E-state index contributed by atoms with van der Waals surface area (Å²) in [6, 6.07) is 10.1. The summed E-state index contributed by atoms with van der Waals surface area (Å²) >= 11 is 0. The highest BCUT2D eigenvalue weighted by molar-refractivity contribution is 5.78. The molecule has 3 rings (SSSR count). The summed E-state index contributed by atoms with van der Waals surface area (Å²) in [7, 11) is 0. The molecule has 1 atom stereocenters. The molecule has 2 aromatic rings. The van der Waals surface area contributed by atoms with Gasteiger partial charge in [-0.2, -0.15) is 0 Å². The van der Waals surface area contributed by atoms with E-state index in [-0.39, 0.29) is 5.43 Å². The van der Waals surface area contributed by atoms with Gasteiger partial charge in [-0.25, -0.2) is 0 Å². The highest BCUT2D eigenvalue weighted by Gasteiger charge is 2.30. The monoisotopic (exact) mass is 270 g/mol. The Hall–Kier alpha value is -1.61. The molecule has 20 heavy (non-hydrogen) atoms. The van der Waals surface area contributed by atoms with Gasteiger partial charge in [0.1, 0.15) is 0 Å². The first-order chi connectivity index (χ1) is 9.79. The van der Waals surface area contributed by atoms with Crippen LogP contribution in [0.25, 0.3) is 10.9 Å². The number of rotatable bonds is 6. The van der Waals surface area contributed by atoms with Gasteiger partial charge in [0.05, 0.1) is 5.52 Å². The van der Waals surface area contributed by atoms with Crippen LogP contribution in [0.5, 0.6) is 0 Å². The third-order valence-electron chi connectivity index (χ3n) is 4.13. The van der Waals surface area contributed by atoms with E-state index in [0.29, 0.717) is 6.04 Å². The second-order valence-electron chi connectivity index (χ2n) is 5.75. The fourth-order valence-corrected chi connectivity index (χ4v) is 2.84. The lowest BCUT2D eigenvalue weighted by Crippen LogP contribution is -2.36. The Kier molecular flexibility index (Phi) is 3.88. The van der Waals surface area contributed by atoms with E-state index in [1.807, 2.05) is 30.5 Å². The molecule has 0 saturated heterocycles. The van der Waals surface area contributed by atoms with Gasteiger partial charge in [-0.1, -0.05) is 19.1 Å². The molecule has 1 saturated carbocycles. The van der Waals surface area contributed by atoms with Crippen LogP contribution in [0.2, 0.25) is 0 Å². The lowest BCUT2D eigenvalue weighted by molar-refractivity contribution is 0.411. The van der Waals surface area contributed by atoms with Crippen molar-refractivity contribution in [1.29, 1.82) is 0 Å². The second kappa shape index (κ2) is 5.80. The molecule has 0 amide bonds. The normalized spacial score (nSPS) is 16.4. The molecular weight excluding hydrogens is 248 g/mol. The zero-order valence-electron chi connectivity index (χ0n) is 12.0. The summed E-state index contributed by atoms with van der Waals surface area (Å²) in [5.41, 5.74) is 1.16. The Balaban J connectivity index is 1.89. The summed E-state index contributed by atoms with van der Waals surface area (Å²) in [6.07, 6.45) is 5.76. The van der Waals surface area contributed by atoms with Gasteiger partial charge in [-0.3, -0.25) is 4.79 Å². The fraction of sp³-hybridized carbons (Fsp3) is 0.471. The van der Waals surface area contributed by atoms with Crippen molar-refractivity contribution < 1.29 is 0 Å². The minimum atomic E-state index is 0.112. The van der Waals surface area contributed by atoms with E-state index in [2.05, 4.69) is 16.8 Å². The molecule has 0 bridgehead atoms. The van der Waals surface area contributed by atoms with Gasteiger partial charge in [0.2, 0.25) is 0 Å². The minimum Gasteiger partial charge on any atom is -0.346 e. The highest BCUT2D eigenvalue weighted by atomic mass is 16.1. The van der Waals surface area contributed by atoms with Crippen LogP contribution in [-0.2, 0) is 6.54 Å². The molecule has 1 aliphatic carbocycles. The van der Waals surface area contributed by atoms with Crippen molar-refractivity contribution in [2.45, 2.75) is 38.8 Å². The molecule has 1 aromatic carbocycles. The number of hydrogen-bond acceptors (Lipinski definition) is 2. The Bertz CT molecular complexity index is 643. The van der Waals surface area contributed by atoms with Crippen molar-refractivity contribution in [2.75, 3.05) is 6.54 Å². The van der Waals surface area contributed by atoms with Crippen LogP contribution < -0.4 is 10.7 Å². The Morgan fingerprint density at radius 1 is 1.30 bits per heavy atom. The zero-order chi connectivity index (χ0) is 13.9. The largest absolute Gasteiger partial charge is 0.346 e. The first-order valence-electron chi connectivity index (χ1n) is 7.61. The van der Waals surface area contributed by atoms with Crippen molar-refractivity contribution in [3.63, 3.8) is 0 Å². The maximum absolute atomic E-state index is 11.9. The standard InChI is InChI=1S/C17H22N2O/c1-2-10-18-15(13-7-8-13)12-19-11-9-17(20)14-5-3-4-6-16(14)19/h3-6,9,11,13,15,18H,2,7-8,10,12H2,1H3. The Morgan fingerprint density at radius 2 is 2.10 bits per heavy atom. The van der Waals surface area contributed by atoms with Crippen LogP contribution in [0.1, 0.15) is 26.2 Å². The van der Waals surface area contributed by atoms with E-state index in [4.69, 9.17) is 0 Å². The van der Waals surface area contributed by atoms with Crippen LogP contribution in [0.4, 0.5) is 0 Å². The van der Waals surface area contributed by atoms with Crippen molar-refractivity contribution in [1.82, 2.24) is 9.88 Å². The van der Waals surface area contributed by atoms with Gasteiger partial charge < -0.3 is 9.88 Å². The maximum atomic E-state index is 11.9. The lowest BCUT2D eigenvalue weighted by Gasteiger charge is -2.21. The number of hydrogen-bond donors (Lipinski definition) is 1. The minimum absolute atomic E-state index is 0.112. The predicted molar refractivity (Wildman–Crippen MR) is 83.0 cm³/mol. The zero-order valence-corrected chi connectivity index (χ0v) is 12.0. The van der Waals surface area contributed by atoms with Crippen LogP contribution in [0.3, 0.4) is 0 Å². The van der Waals surface area contributed by atoms with Gasteiger partial charge >= 0.3 is 0 Å².